The van der Waals surface area contributed by atoms with Crippen LogP contribution in [-0.2, 0) is 9.53 Å². The Hall–Kier alpha value is -3.20. The highest BCUT2D eigenvalue weighted by molar-refractivity contribution is 8.26. The van der Waals surface area contributed by atoms with Crippen LogP contribution < -0.4 is 4.74 Å². The number of carbonyl (C=O) groups is 1. The number of benzene rings is 2. The van der Waals surface area contributed by atoms with Crippen LogP contribution in [0.4, 0.5) is 0 Å². The van der Waals surface area contributed by atoms with Gasteiger partial charge in [-0.2, -0.15) is 5.10 Å². The van der Waals surface area contributed by atoms with Crippen molar-refractivity contribution in [3.05, 3.63) is 83.4 Å². The van der Waals surface area contributed by atoms with Gasteiger partial charge in [0.15, 0.2) is 0 Å². The van der Waals surface area contributed by atoms with Crippen LogP contribution in [0.3, 0.4) is 0 Å². The lowest BCUT2D eigenvalue weighted by Gasteiger charge is -2.12. The number of amides is 1. The molecule has 1 fully saturated rings. The van der Waals surface area contributed by atoms with Gasteiger partial charge in [0.1, 0.15) is 22.4 Å². The minimum atomic E-state index is -0.115. The zero-order valence-electron chi connectivity index (χ0n) is 19.1. The molecule has 8 heteroatoms. The van der Waals surface area contributed by atoms with Crippen LogP contribution in [-0.4, -0.2) is 51.8 Å². The molecule has 1 amide bonds. The SMILES string of the molecule is C=CCOc1ccc(-c2nn(-c3ccccc3)cc2/C=C2\SC(=S)N(CCOC)C2=O)c(C)c1. The Kier molecular flexibility index (Phi) is 7.62. The molecule has 3 aromatic rings. The van der Waals surface area contributed by atoms with Crippen molar-refractivity contribution in [2.24, 2.45) is 0 Å². The number of aryl methyl sites for hydroxylation is 1. The molecule has 34 heavy (non-hydrogen) atoms. The molecule has 0 saturated carbocycles. The second-order valence-corrected chi connectivity index (χ2v) is 9.29. The van der Waals surface area contributed by atoms with Crippen molar-refractivity contribution in [2.45, 2.75) is 6.92 Å². The number of hydrogen-bond donors (Lipinski definition) is 0. The molecule has 1 saturated heterocycles. The van der Waals surface area contributed by atoms with Crippen LogP contribution in [0.1, 0.15) is 11.1 Å². The maximum absolute atomic E-state index is 13.0. The summed E-state index contributed by atoms with van der Waals surface area (Å²) in [7, 11) is 1.60. The fraction of sp³-hybridized carbons (Fsp3) is 0.192. The van der Waals surface area contributed by atoms with Crippen molar-refractivity contribution in [3.63, 3.8) is 0 Å². The van der Waals surface area contributed by atoms with Crippen LogP contribution in [0.15, 0.2) is 72.3 Å². The highest BCUT2D eigenvalue weighted by atomic mass is 32.2. The first-order valence-corrected chi connectivity index (χ1v) is 12.0. The third kappa shape index (κ3) is 5.14. The highest BCUT2D eigenvalue weighted by Gasteiger charge is 2.32. The van der Waals surface area contributed by atoms with Crippen LogP contribution >= 0.6 is 24.0 Å². The number of thioether (sulfide) groups is 1. The monoisotopic (exact) mass is 491 g/mol. The maximum atomic E-state index is 13.0. The zero-order chi connectivity index (χ0) is 24.1. The summed E-state index contributed by atoms with van der Waals surface area (Å²) in [5.41, 5.74) is 4.52. The molecule has 0 unspecified atom stereocenters. The molecule has 4 rings (SSSR count). The summed E-state index contributed by atoms with van der Waals surface area (Å²) in [4.78, 5) is 15.1. The van der Waals surface area contributed by atoms with E-state index in [0.29, 0.717) is 29.0 Å². The Morgan fingerprint density at radius 2 is 2.00 bits per heavy atom. The van der Waals surface area contributed by atoms with E-state index in [-0.39, 0.29) is 5.91 Å². The molecule has 0 aliphatic carbocycles. The van der Waals surface area contributed by atoms with Crippen LogP contribution in [0.5, 0.6) is 5.75 Å². The van der Waals surface area contributed by atoms with E-state index in [1.54, 1.807) is 18.1 Å². The molecule has 0 spiro atoms. The molecule has 2 heterocycles. The number of aromatic nitrogens is 2. The fourth-order valence-electron chi connectivity index (χ4n) is 3.58. The van der Waals surface area contributed by atoms with E-state index in [1.165, 1.54) is 11.8 Å². The van der Waals surface area contributed by atoms with Crippen LogP contribution in [0.25, 0.3) is 23.0 Å². The standard InChI is InChI=1S/C26H25N3O3S2/c1-4-13-32-21-10-11-22(18(2)15-21)24-19(17-29(27-24)20-8-6-5-7-9-20)16-23-25(30)28(12-14-31-3)26(33)34-23/h4-11,15-17H,1,12-14H2,2-3H3/b23-16-. The molecular formula is C26H25N3O3S2. The summed E-state index contributed by atoms with van der Waals surface area (Å²) in [6.07, 6.45) is 5.52. The number of nitrogens with zero attached hydrogens (tertiary/aromatic N) is 3. The van der Waals surface area contributed by atoms with Crippen molar-refractivity contribution in [1.29, 1.82) is 0 Å². The summed E-state index contributed by atoms with van der Waals surface area (Å²) >= 11 is 6.73. The third-order valence-corrected chi connectivity index (χ3v) is 6.64. The number of hydrogen-bond acceptors (Lipinski definition) is 6. The summed E-state index contributed by atoms with van der Waals surface area (Å²) in [5.74, 6) is 0.652. The van der Waals surface area contributed by atoms with Gasteiger partial charge < -0.3 is 9.47 Å². The van der Waals surface area contributed by atoms with E-state index in [9.17, 15) is 4.79 Å². The summed E-state index contributed by atoms with van der Waals surface area (Å²) < 4.78 is 13.2. The Labute approximate surface area is 208 Å². The van der Waals surface area contributed by atoms with Gasteiger partial charge >= 0.3 is 0 Å². The van der Waals surface area contributed by atoms with Crippen molar-refractivity contribution < 1.29 is 14.3 Å². The van der Waals surface area contributed by atoms with Crippen molar-refractivity contribution in [3.8, 4) is 22.7 Å². The molecule has 1 aliphatic heterocycles. The predicted molar refractivity (Wildman–Crippen MR) is 141 cm³/mol. The first kappa shape index (κ1) is 23.9. The van der Waals surface area contributed by atoms with E-state index in [4.69, 9.17) is 26.8 Å². The number of rotatable bonds is 9. The van der Waals surface area contributed by atoms with Crippen molar-refractivity contribution >= 4 is 40.3 Å². The molecule has 0 radical (unpaired) electrons. The Bertz CT molecular complexity index is 1250. The van der Waals surface area contributed by atoms with Gasteiger partial charge in [-0.1, -0.05) is 54.8 Å². The minimum absolute atomic E-state index is 0.115. The average Bonchev–Trinajstić information content (AvgIpc) is 3.37. The minimum Gasteiger partial charge on any atom is -0.490 e. The van der Waals surface area contributed by atoms with E-state index in [2.05, 4.69) is 6.58 Å². The Morgan fingerprint density at radius 3 is 2.71 bits per heavy atom. The molecule has 1 aliphatic rings. The van der Waals surface area contributed by atoms with E-state index in [0.717, 1.165) is 33.8 Å². The lowest BCUT2D eigenvalue weighted by Crippen LogP contribution is -2.31. The zero-order valence-corrected chi connectivity index (χ0v) is 20.7. The fourth-order valence-corrected chi connectivity index (χ4v) is 4.88. The summed E-state index contributed by atoms with van der Waals surface area (Å²) in [6.45, 7) is 7.01. The number of ether oxygens (including phenoxy) is 2. The van der Waals surface area contributed by atoms with Gasteiger partial charge in [0.05, 0.1) is 23.7 Å². The maximum Gasteiger partial charge on any atom is 0.266 e. The average molecular weight is 492 g/mol. The number of thiocarbonyl (C=S) groups is 1. The molecule has 0 atom stereocenters. The van der Waals surface area contributed by atoms with Gasteiger partial charge in [-0.05, 0) is 48.9 Å². The molecule has 1 aromatic heterocycles. The molecule has 0 N–H and O–H groups in total. The lowest BCUT2D eigenvalue weighted by molar-refractivity contribution is -0.122. The number of carbonyl (C=O) groups excluding carboxylic acids is 1. The molecule has 0 bridgehead atoms. The topological polar surface area (TPSA) is 56.6 Å². The van der Waals surface area contributed by atoms with Gasteiger partial charge in [-0.3, -0.25) is 9.69 Å². The van der Waals surface area contributed by atoms with Crippen molar-refractivity contribution in [1.82, 2.24) is 14.7 Å². The second-order valence-electron chi connectivity index (χ2n) is 7.62. The summed E-state index contributed by atoms with van der Waals surface area (Å²) in [5, 5.41) is 4.89. The molecular weight excluding hydrogens is 466 g/mol. The number of methoxy groups -OCH3 is 1. The van der Waals surface area contributed by atoms with Gasteiger partial charge in [0, 0.05) is 24.4 Å². The van der Waals surface area contributed by atoms with Gasteiger partial charge in [0.2, 0.25) is 0 Å². The lowest BCUT2D eigenvalue weighted by atomic mass is 10.0. The largest absolute Gasteiger partial charge is 0.490 e. The van der Waals surface area contributed by atoms with Gasteiger partial charge in [-0.15, -0.1) is 0 Å². The second kappa shape index (κ2) is 10.8. The summed E-state index contributed by atoms with van der Waals surface area (Å²) in [6, 6.07) is 15.8. The predicted octanol–water partition coefficient (Wildman–Crippen LogP) is 5.26. The van der Waals surface area contributed by atoms with E-state index < -0.39 is 0 Å². The third-order valence-electron chi connectivity index (χ3n) is 5.26. The van der Waals surface area contributed by atoms with E-state index >= 15 is 0 Å². The Balaban J connectivity index is 1.76. The van der Waals surface area contributed by atoms with Crippen LogP contribution in [0.2, 0.25) is 0 Å². The van der Waals surface area contributed by atoms with Gasteiger partial charge in [0.25, 0.3) is 5.91 Å². The highest BCUT2D eigenvalue weighted by Crippen LogP contribution is 2.36. The first-order chi connectivity index (χ1) is 16.5. The molecule has 2 aromatic carbocycles. The number of para-hydroxylation sites is 1. The van der Waals surface area contributed by atoms with E-state index in [1.807, 2.05) is 72.4 Å². The smallest absolute Gasteiger partial charge is 0.266 e. The quantitative estimate of drug-likeness (QED) is 0.231. The molecule has 6 nitrogen and oxygen atoms in total. The van der Waals surface area contributed by atoms with Crippen LogP contribution in [0, 0.1) is 6.92 Å². The van der Waals surface area contributed by atoms with Gasteiger partial charge in [-0.25, -0.2) is 4.68 Å². The first-order valence-electron chi connectivity index (χ1n) is 10.8. The Morgan fingerprint density at radius 1 is 1.21 bits per heavy atom. The molecule has 174 valence electrons. The van der Waals surface area contributed by atoms with Crippen molar-refractivity contribution in [2.75, 3.05) is 26.9 Å². The normalized spacial score (nSPS) is 14.8.